The fraction of sp³-hybridized carbons (Fsp3) is 0.391. The lowest BCUT2D eigenvalue weighted by molar-refractivity contribution is -0.116. The molecule has 1 saturated carbocycles. The van der Waals surface area contributed by atoms with Crippen molar-refractivity contribution in [3.8, 4) is 5.75 Å². The zero-order valence-corrected chi connectivity index (χ0v) is 18.0. The number of Topliss-reactive ketones (excluding diaryl/α,β-unsaturated/α-hetero) is 1. The van der Waals surface area contributed by atoms with E-state index in [2.05, 4.69) is 12.2 Å². The van der Waals surface area contributed by atoms with Crippen LogP contribution in [0.5, 0.6) is 5.75 Å². The Kier molecular flexibility index (Phi) is 7.57. The molecule has 0 aliphatic heterocycles. The maximum absolute atomic E-state index is 12.8. The van der Waals surface area contributed by atoms with Gasteiger partial charge in [-0.15, -0.1) is 0 Å². The molecule has 4 nitrogen and oxygen atoms in total. The molecule has 0 spiro atoms. The minimum atomic E-state index is -0.0683. The van der Waals surface area contributed by atoms with Crippen molar-refractivity contribution in [3.05, 3.63) is 57.6 Å². The van der Waals surface area contributed by atoms with Crippen LogP contribution in [0.1, 0.15) is 54.9 Å². The van der Waals surface area contributed by atoms with E-state index in [4.69, 9.17) is 27.9 Å². The molecule has 0 aromatic heterocycles. The lowest BCUT2D eigenvalue weighted by Gasteiger charge is -2.14. The molecule has 1 aliphatic carbocycles. The van der Waals surface area contributed by atoms with Crippen LogP contribution in [0.3, 0.4) is 0 Å². The van der Waals surface area contributed by atoms with Crippen LogP contribution in [0, 0.1) is 5.92 Å². The molecule has 0 unspecified atom stereocenters. The van der Waals surface area contributed by atoms with E-state index in [0.717, 1.165) is 31.2 Å². The second-order valence-electron chi connectivity index (χ2n) is 7.46. The summed E-state index contributed by atoms with van der Waals surface area (Å²) in [6.07, 6.45) is 4.86. The third kappa shape index (κ3) is 6.48. The molecular weight excluding hydrogens is 409 g/mol. The number of hydrogen-bond acceptors (Lipinski definition) is 3. The molecule has 3 rings (SSSR count). The van der Waals surface area contributed by atoms with Crippen LogP contribution in [-0.4, -0.2) is 18.3 Å². The number of nitrogens with one attached hydrogen (secondary N) is 1. The predicted octanol–water partition coefficient (Wildman–Crippen LogP) is 6.34. The molecule has 0 saturated heterocycles. The third-order valence-electron chi connectivity index (χ3n) is 4.85. The predicted molar refractivity (Wildman–Crippen MR) is 117 cm³/mol. The van der Waals surface area contributed by atoms with Crippen LogP contribution in [0.25, 0.3) is 0 Å². The van der Waals surface area contributed by atoms with E-state index in [-0.39, 0.29) is 18.1 Å². The van der Waals surface area contributed by atoms with Crippen molar-refractivity contribution in [1.29, 1.82) is 0 Å². The Hall–Kier alpha value is -2.04. The smallest absolute Gasteiger partial charge is 0.224 e. The van der Waals surface area contributed by atoms with Gasteiger partial charge >= 0.3 is 0 Å². The van der Waals surface area contributed by atoms with Crippen molar-refractivity contribution in [3.63, 3.8) is 0 Å². The number of halogens is 2. The van der Waals surface area contributed by atoms with Crippen molar-refractivity contribution < 1.29 is 14.3 Å². The Morgan fingerprint density at radius 3 is 2.59 bits per heavy atom. The van der Waals surface area contributed by atoms with Gasteiger partial charge in [-0.3, -0.25) is 9.59 Å². The largest absolute Gasteiger partial charge is 0.491 e. The lowest BCUT2D eigenvalue weighted by atomic mass is 10.0. The van der Waals surface area contributed by atoms with E-state index >= 15 is 0 Å². The first-order chi connectivity index (χ1) is 14.0. The molecule has 1 N–H and O–H groups in total. The quantitative estimate of drug-likeness (QED) is 0.351. The number of ether oxygens (including phenoxy) is 1. The van der Waals surface area contributed by atoms with E-state index in [0.29, 0.717) is 46.0 Å². The van der Waals surface area contributed by atoms with Crippen LogP contribution in [0.2, 0.25) is 10.0 Å². The highest BCUT2D eigenvalue weighted by Gasteiger charge is 2.25. The highest BCUT2D eigenvalue weighted by Crippen LogP contribution is 2.34. The van der Waals surface area contributed by atoms with E-state index in [1.54, 1.807) is 36.4 Å². The summed E-state index contributed by atoms with van der Waals surface area (Å²) < 4.78 is 5.82. The van der Waals surface area contributed by atoms with Gasteiger partial charge in [-0.25, -0.2) is 0 Å². The van der Waals surface area contributed by atoms with Gasteiger partial charge in [0.15, 0.2) is 5.78 Å². The average Bonchev–Trinajstić information content (AvgIpc) is 3.49. The van der Waals surface area contributed by atoms with Crippen LogP contribution >= 0.6 is 23.2 Å². The summed E-state index contributed by atoms with van der Waals surface area (Å²) in [5.41, 5.74) is 1.85. The lowest BCUT2D eigenvalue weighted by Crippen LogP contribution is -2.14. The van der Waals surface area contributed by atoms with Crippen molar-refractivity contribution in [2.24, 2.45) is 5.92 Å². The summed E-state index contributed by atoms with van der Waals surface area (Å²) >= 11 is 12.0. The van der Waals surface area contributed by atoms with Crippen LogP contribution in [-0.2, 0) is 11.2 Å². The van der Waals surface area contributed by atoms with Crippen molar-refractivity contribution in [1.82, 2.24) is 0 Å². The number of anilines is 1. The molecule has 2 aromatic rings. The molecule has 0 bridgehead atoms. The van der Waals surface area contributed by atoms with Crippen molar-refractivity contribution in [2.45, 2.75) is 45.4 Å². The molecule has 2 aromatic carbocycles. The monoisotopic (exact) mass is 433 g/mol. The highest BCUT2D eigenvalue weighted by molar-refractivity contribution is 6.42. The molecule has 1 aliphatic rings. The number of rotatable bonds is 10. The normalized spacial score (nSPS) is 13.2. The molecular formula is C23H25Cl2NO3. The molecule has 1 fully saturated rings. The molecule has 6 heteroatoms. The summed E-state index contributed by atoms with van der Waals surface area (Å²) in [7, 11) is 0. The summed E-state index contributed by atoms with van der Waals surface area (Å²) in [6, 6.07) is 10.4. The van der Waals surface area contributed by atoms with E-state index in [1.807, 2.05) is 0 Å². The van der Waals surface area contributed by atoms with Gasteiger partial charge in [-0.1, -0.05) is 42.6 Å². The van der Waals surface area contributed by atoms with Gasteiger partial charge in [0, 0.05) is 18.4 Å². The van der Waals surface area contributed by atoms with Crippen LogP contribution in [0.4, 0.5) is 5.69 Å². The molecule has 29 heavy (non-hydrogen) atoms. The van der Waals surface area contributed by atoms with Gasteiger partial charge in [-0.05, 0) is 61.1 Å². The maximum Gasteiger partial charge on any atom is 0.224 e. The molecule has 1 amide bonds. The second kappa shape index (κ2) is 10.1. The standard InChI is InChI=1S/C23H25Cl2NO3/c1-2-3-10-29-22-9-7-17(14-20(22)26-23(28)13-15-4-5-15)21(27)12-16-6-8-18(24)19(25)11-16/h6-9,11,14-15H,2-5,10,12-13H2,1H3,(H,26,28). The first-order valence-electron chi connectivity index (χ1n) is 10.00. The fourth-order valence-electron chi connectivity index (χ4n) is 2.98. The van der Waals surface area contributed by atoms with Gasteiger partial charge in [0.1, 0.15) is 5.75 Å². The second-order valence-corrected chi connectivity index (χ2v) is 8.27. The Labute approximate surface area is 181 Å². The van der Waals surface area contributed by atoms with Gasteiger partial charge in [0.05, 0.1) is 22.3 Å². The number of ketones is 1. The Balaban J connectivity index is 1.75. The third-order valence-corrected chi connectivity index (χ3v) is 5.59. The fourth-order valence-corrected chi connectivity index (χ4v) is 3.30. The molecule has 154 valence electrons. The molecule has 0 radical (unpaired) electrons. The number of benzene rings is 2. The van der Waals surface area contributed by atoms with Gasteiger partial charge < -0.3 is 10.1 Å². The van der Waals surface area contributed by atoms with Gasteiger partial charge in [0.2, 0.25) is 5.91 Å². The number of unbranched alkanes of at least 4 members (excludes halogenated alkanes) is 1. The summed E-state index contributed by atoms with van der Waals surface area (Å²) in [6.45, 7) is 2.66. The summed E-state index contributed by atoms with van der Waals surface area (Å²) in [4.78, 5) is 25.1. The van der Waals surface area contributed by atoms with E-state index < -0.39 is 0 Å². The highest BCUT2D eigenvalue weighted by atomic mass is 35.5. The minimum absolute atomic E-state index is 0.0399. The van der Waals surface area contributed by atoms with Crippen molar-refractivity contribution >= 4 is 40.6 Å². The number of amides is 1. The minimum Gasteiger partial charge on any atom is -0.491 e. The Morgan fingerprint density at radius 2 is 1.90 bits per heavy atom. The Bertz CT molecular complexity index is 894. The first-order valence-corrected chi connectivity index (χ1v) is 10.8. The van der Waals surface area contributed by atoms with E-state index in [9.17, 15) is 9.59 Å². The van der Waals surface area contributed by atoms with Gasteiger partial charge in [0.25, 0.3) is 0 Å². The van der Waals surface area contributed by atoms with Crippen LogP contribution in [0.15, 0.2) is 36.4 Å². The van der Waals surface area contributed by atoms with Gasteiger partial charge in [-0.2, -0.15) is 0 Å². The molecule has 0 heterocycles. The maximum atomic E-state index is 12.8. The topological polar surface area (TPSA) is 55.4 Å². The SMILES string of the molecule is CCCCOc1ccc(C(=O)Cc2ccc(Cl)c(Cl)c2)cc1NC(=O)CC1CC1. The zero-order valence-electron chi connectivity index (χ0n) is 16.5. The van der Waals surface area contributed by atoms with E-state index in [1.165, 1.54) is 0 Å². The number of hydrogen-bond donors (Lipinski definition) is 1. The first kappa shape index (κ1) is 21.7. The molecule has 0 atom stereocenters. The number of carbonyl (C=O) groups is 2. The summed E-state index contributed by atoms with van der Waals surface area (Å²) in [5, 5.41) is 3.81. The average molecular weight is 434 g/mol. The summed E-state index contributed by atoms with van der Waals surface area (Å²) in [5.74, 6) is 0.968. The zero-order chi connectivity index (χ0) is 20.8. The Morgan fingerprint density at radius 1 is 1.10 bits per heavy atom. The van der Waals surface area contributed by atoms with Crippen molar-refractivity contribution in [2.75, 3.05) is 11.9 Å². The van der Waals surface area contributed by atoms with Crippen LogP contribution < -0.4 is 10.1 Å². The number of carbonyl (C=O) groups excluding carboxylic acids is 2.